The van der Waals surface area contributed by atoms with Gasteiger partial charge in [0.1, 0.15) is 24.0 Å². The van der Waals surface area contributed by atoms with Crippen molar-refractivity contribution in [3.8, 4) is 50.7 Å². The molecule has 0 radical (unpaired) electrons. The Bertz CT molecular complexity index is 5070. The monoisotopic (exact) mass is 918 g/mol. The predicted octanol–water partition coefficient (Wildman–Crippen LogP) is 17.3. The van der Waals surface area contributed by atoms with Crippen LogP contribution in [0.3, 0.4) is 0 Å². The summed E-state index contributed by atoms with van der Waals surface area (Å²) < 4.78 is 303. The van der Waals surface area contributed by atoms with E-state index in [4.69, 9.17) is 33.5 Å². The average Bonchev–Trinajstić information content (AvgIpc) is 1.07. The minimum atomic E-state index is -4.15. The van der Waals surface area contributed by atoms with E-state index in [-0.39, 0.29) is 61.9 Å². The Labute approximate surface area is 446 Å². The third kappa shape index (κ3) is 7.78. The van der Waals surface area contributed by atoms with Gasteiger partial charge >= 0.3 is 0 Å². The quantitative estimate of drug-likeness (QED) is 0.144. The lowest BCUT2D eigenvalue weighted by Crippen LogP contribution is -2.25. The molecule has 0 saturated carbocycles. The smallest absolute Gasteiger partial charge is 0.137 e. The number of pyridine rings is 1. The molecule has 1 aliphatic heterocycles. The molecule has 5 nitrogen and oxygen atoms in total. The lowest BCUT2D eigenvalue weighted by Gasteiger charge is -2.27. The zero-order valence-electron chi connectivity index (χ0n) is 69.1. The molecule has 5 heteroatoms. The van der Waals surface area contributed by atoms with Gasteiger partial charge in [0, 0.05) is 66.5 Å². The standard InChI is InChI=1S/C63H56N4O/c1-41(2)47-28-32-52(43(4)37-47)44-22-24-45(25-23-44)53-17-13-18-54(46-26-29-48(30-27-46)63(5,6)7)62(53)66-40-65(58-20-10-11-21-59(58)66)49-14-12-15-50(38-49)68-51-31-33-56-55-16-8-9-19-57(55)67(60(56)39-51)61-36-42(3)34-35-64-61/h8-39,41H,40H2,1-7H3/i3D3,4D3,5D3,6D3,7D3,8D,9D,13D,16D,17D,18D,19D,22D,23D,24D,25D,26D,27D,28D,29D,30D,32D,37D. The topological polar surface area (TPSA) is 33.5 Å². The molecular formula is C63H56N4O. The van der Waals surface area contributed by atoms with Gasteiger partial charge in [0.2, 0.25) is 0 Å². The number of benzene rings is 8. The van der Waals surface area contributed by atoms with E-state index in [1.165, 1.54) is 58.1 Å². The van der Waals surface area contributed by atoms with Gasteiger partial charge in [-0.05, 0) is 124 Å². The molecule has 0 amide bonds. The maximum absolute atomic E-state index is 9.82. The molecule has 0 unspecified atom stereocenters. The molecule has 11 rings (SSSR count). The minimum Gasteiger partial charge on any atom is -0.457 e. The SMILES string of the molecule is [2H]c1c([2H])c(-c2c([2H])c([2H])c(-c3c([2H])c([2H])c(C(C)C)c([2H])c3C([2H])([2H])[2H])c([2H])c2[2H])c(N2CN(c3cccc(Oc4ccc5c6c([2H])c([2H])c([2H])c([2H])c6n(-c6cc(C([2H])([2H])[2H])ccn6)c5c4)c3)c3ccccc32)c(-c2c([2H])c([2H])c(C(C([2H])([2H])[2H])(C([2H])([2H])[2H])C([2H])([2H])[2H])c([2H])c2[2H])c1[2H]. The van der Waals surface area contributed by atoms with Crippen molar-refractivity contribution in [2.24, 2.45) is 0 Å². The van der Waals surface area contributed by atoms with E-state index >= 15 is 0 Å². The van der Waals surface area contributed by atoms with Gasteiger partial charge in [0.25, 0.3) is 0 Å². The summed E-state index contributed by atoms with van der Waals surface area (Å²) in [5, 5.41) is 0.395. The van der Waals surface area contributed by atoms with Crippen LogP contribution in [0.1, 0.15) is 108 Å². The van der Waals surface area contributed by atoms with Crippen LogP contribution in [0.15, 0.2) is 194 Å². The molecule has 3 heterocycles. The number of aromatic nitrogens is 2. The molecule has 0 fully saturated rings. The summed E-state index contributed by atoms with van der Waals surface area (Å²) in [5.41, 5.74) is -12.1. The first-order chi connectivity index (χ1) is 46.7. The van der Waals surface area contributed by atoms with Crippen LogP contribution >= 0.6 is 0 Å². The average molecular weight is 918 g/mol. The summed E-state index contributed by atoms with van der Waals surface area (Å²) in [6.07, 6.45) is 1.25. The van der Waals surface area contributed by atoms with E-state index in [0.717, 1.165) is 0 Å². The molecule has 1 aliphatic rings. The molecule has 0 N–H and O–H groups in total. The van der Waals surface area contributed by atoms with Crippen molar-refractivity contribution in [3.05, 3.63) is 216 Å². The predicted molar refractivity (Wildman–Crippen MR) is 286 cm³/mol. The number of anilines is 4. The Morgan fingerprint density at radius 1 is 0.618 bits per heavy atom. The highest BCUT2D eigenvalue weighted by Crippen LogP contribution is 2.51. The second-order valence-corrected chi connectivity index (χ2v) is 16.1. The molecule has 8 aromatic carbocycles. The first-order valence-corrected chi connectivity index (χ1v) is 21.1. The molecular weight excluding hydrogens is 829 g/mol. The first-order valence-electron chi connectivity index (χ1n) is 37.6. The molecule has 10 aromatic rings. The second-order valence-electron chi connectivity index (χ2n) is 16.1. The van der Waals surface area contributed by atoms with Crippen LogP contribution in [-0.2, 0) is 5.41 Å². The van der Waals surface area contributed by atoms with E-state index in [1.54, 1.807) is 55.1 Å². The fraction of sp³-hybridized carbons (Fsp3) is 0.159. The fourth-order valence-corrected chi connectivity index (χ4v) is 8.13. The van der Waals surface area contributed by atoms with Crippen LogP contribution in [0.4, 0.5) is 22.7 Å². The van der Waals surface area contributed by atoms with E-state index in [1.807, 2.05) is 0 Å². The van der Waals surface area contributed by atoms with Gasteiger partial charge in [-0.2, -0.15) is 0 Å². The molecule has 2 aromatic heterocycles. The van der Waals surface area contributed by atoms with Gasteiger partial charge in [-0.1, -0.05) is 155 Å². The maximum Gasteiger partial charge on any atom is 0.137 e. The van der Waals surface area contributed by atoms with E-state index < -0.39 is 211 Å². The summed E-state index contributed by atoms with van der Waals surface area (Å²) in [6.45, 7) is -15.8. The molecule has 0 atom stereocenters. The highest BCUT2D eigenvalue weighted by molar-refractivity contribution is 6.09. The van der Waals surface area contributed by atoms with Gasteiger partial charge in [0.15, 0.2) is 0 Å². The number of para-hydroxylation sites is 4. The molecule has 0 saturated heterocycles. The van der Waals surface area contributed by atoms with Crippen LogP contribution in [-0.4, -0.2) is 16.2 Å². The summed E-state index contributed by atoms with van der Waals surface area (Å²) in [7, 11) is 0. The Morgan fingerprint density at radius 2 is 1.34 bits per heavy atom. The largest absolute Gasteiger partial charge is 0.457 e. The molecule has 334 valence electrons. The number of hydrogen-bond acceptors (Lipinski definition) is 4. The number of aryl methyl sites for hydroxylation is 1. The summed E-state index contributed by atoms with van der Waals surface area (Å²) in [4.78, 5) is 7.30. The summed E-state index contributed by atoms with van der Waals surface area (Å²) >= 11 is 0. The van der Waals surface area contributed by atoms with Crippen molar-refractivity contribution in [1.82, 2.24) is 9.55 Å². The van der Waals surface area contributed by atoms with Crippen molar-refractivity contribution in [2.45, 2.75) is 59.4 Å². The third-order valence-corrected chi connectivity index (χ3v) is 11.4. The zero-order chi connectivity index (χ0) is 74.8. The Hall–Kier alpha value is -7.89. The van der Waals surface area contributed by atoms with Crippen LogP contribution in [0.2, 0.25) is 0 Å². The molecule has 68 heavy (non-hydrogen) atoms. The Kier molecular flexibility index (Phi) is 4.96. The summed E-state index contributed by atoms with van der Waals surface area (Å²) in [6, 6.07) is 1.71. The van der Waals surface area contributed by atoms with Crippen LogP contribution < -0.4 is 14.5 Å². The third-order valence-electron chi connectivity index (χ3n) is 11.4. The van der Waals surface area contributed by atoms with Gasteiger partial charge in [0.05, 0.1) is 52.8 Å². The van der Waals surface area contributed by atoms with Crippen molar-refractivity contribution >= 4 is 44.6 Å². The summed E-state index contributed by atoms with van der Waals surface area (Å²) in [5.74, 6) is -0.501. The molecule has 0 aliphatic carbocycles. The van der Waals surface area contributed by atoms with E-state index in [2.05, 4.69) is 4.98 Å². The Morgan fingerprint density at radius 3 is 2.07 bits per heavy atom. The minimum absolute atomic E-state index is 0.00634. The molecule has 0 bridgehead atoms. The van der Waals surface area contributed by atoms with Gasteiger partial charge in [-0.15, -0.1) is 0 Å². The lowest BCUT2D eigenvalue weighted by molar-refractivity contribution is 0.483. The number of fused-ring (bicyclic) bond motifs is 4. The maximum atomic E-state index is 9.82. The van der Waals surface area contributed by atoms with Crippen LogP contribution in [0.5, 0.6) is 11.5 Å². The van der Waals surface area contributed by atoms with Gasteiger partial charge in [-0.25, -0.2) is 4.98 Å². The van der Waals surface area contributed by atoms with Crippen molar-refractivity contribution < 1.29 is 50.0 Å². The van der Waals surface area contributed by atoms with Gasteiger partial charge in [-0.3, -0.25) is 4.57 Å². The molecule has 0 spiro atoms. The number of rotatable bonds is 9. The van der Waals surface area contributed by atoms with Gasteiger partial charge < -0.3 is 14.5 Å². The normalized spacial score (nSPS) is 20.5. The second kappa shape index (κ2) is 17.1. The number of hydrogen-bond donors (Lipinski definition) is 0. The van der Waals surface area contributed by atoms with Crippen molar-refractivity contribution in [3.63, 3.8) is 0 Å². The zero-order valence-corrected chi connectivity index (χ0v) is 36.1. The van der Waals surface area contributed by atoms with E-state index in [0.29, 0.717) is 5.39 Å². The first kappa shape index (κ1) is 19.8. The fourth-order valence-electron chi connectivity index (χ4n) is 8.13. The van der Waals surface area contributed by atoms with Crippen LogP contribution in [0.25, 0.3) is 61.0 Å². The highest BCUT2D eigenvalue weighted by atomic mass is 16.5. The van der Waals surface area contributed by atoms with Crippen molar-refractivity contribution in [1.29, 1.82) is 0 Å². The number of nitrogens with zero attached hydrogens (tertiary/aromatic N) is 4. The van der Waals surface area contributed by atoms with Crippen LogP contribution in [0, 0.1) is 13.7 Å². The lowest BCUT2D eigenvalue weighted by atomic mass is 9.85. The highest BCUT2D eigenvalue weighted by Gasteiger charge is 2.31. The Balaban J connectivity index is 1.17. The number of ether oxygens (including phenoxy) is 1. The van der Waals surface area contributed by atoms with Crippen molar-refractivity contribution in [2.75, 3.05) is 16.5 Å². The van der Waals surface area contributed by atoms with E-state index in [9.17, 15) is 16.4 Å².